The van der Waals surface area contributed by atoms with E-state index in [0.717, 1.165) is 4.90 Å². The van der Waals surface area contributed by atoms with E-state index in [1.54, 1.807) is 30.3 Å². The number of imide groups is 2. The van der Waals surface area contributed by atoms with Gasteiger partial charge in [0.05, 0.1) is 23.8 Å². The summed E-state index contributed by atoms with van der Waals surface area (Å²) < 4.78 is 10.9. The number of methoxy groups -OCH3 is 1. The van der Waals surface area contributed by atoms with Crippen LogP contribution in [0.4, 0.5) is 0 Å². The topological polar surface area (TPSA) is 126 Å². The van der Waals surface area contributed by atoms with Crippen molar-refractivity contribution in [1.82, 2.24) is 10.2 Å². The van der Waals surface area contributed by atoms with Crippen molar-refractivity contribution < 1.29 is 28.7 Å². The summed E-state index contributed by atoms with van der Waals surface area (Å²) in [5, 5.41) is 11.4. The molecule has 0 bridgehead atoms. The van der Waals surface area contributed by atoms with Crippen LogP contribution in [0.3, 0.4) is 0 Å². The molecule has 0 saturated carbocycles. The van der Waals surface area contributed by atoms with Gasteiger partial charge in [-0.3, -0.25) is 29.4 Å². The van der Waals surface area contributed by atoms with E-state index in [-0.39, 0.29) is 36.3 Å². The Morgan fingerprint density at radius 3 is 2.65 bits per heavy atom. The van der Waals surface area contributed by atoms with E-state index < -0.39 is 29.7 Å². The lowest BCUT2D eigenvalue weighted by molar-refractivity contribution is -0.136. The van der Waals surface area contributed by atoms with Crippen LogP contribution >= 0.6 is 0 Å². The molecule has 2 aromatic carbocycles. The summed E-state index contributed by atoms with van der Waals surface area (Å²) in [5.41, 5.74) is 1.23. The zero-order chi connectivity index (χ0) is 22.1. The fourth-order valence-electron chi connectivity index (χ4n) is 3.70. The van der Waals surface area contributed by atoms with Gasteiger partial charge in [-0.05, 0) is 36.2 Å². The zero-order valence-corrected chi connectivity index (χ0v) is 16.5. The highest BCUT2D eigenvalue weighted by Gasteiger charge is 2.45. The summed E-state index contributed by atoms with van der Waals surface area (Å²) in [6.07, 6.45) is 0.126. The highest BCUT2D eigenvalue weighted by molar-refractivity contribution is 6.24. The minimum Gasteiger partial charge on any atom is -0.495 e. The van der Waals surface area contributed by atoms with Gasteiger partial charge in [0.2, 0.25) is 11.8 Å². The summed E-state index contributed by atoms with van der Waals surface area (Å²) in [6.45, 7) is 0.0506. The largest absolute Gasteiger partial charge is 0.495 e. The van der Waals surface area contributed by atoms with Crippen LogP contribution < -0.4 is 14.8 Å². The van der Waals surface area contributed by atoms with Gasteiger partial charge >= 0.3 is 0 Å². The molecule has 1 unspecified atom stereocenters. The first-order valence-corrected chi connectivity index (χ1v) is 9.49. The van der Waals surface area contributed by atoms with Gasteiger partial charge in [0, 0.05) is 6.42 Å². The maximum absolute atomic E-state index is 13.1. The van der Waals surface area contributed by atoms with E-state index in [2.05, 4.69) is 5.32 Å². The first-order chi connectivity index (χ1) is 14.9. The summed E-state index contributed by atoms with van der Waals surface area (Å²) in [7, 11) is 1.47. The third-order valence-corrected chi connectivity index (χ3v) is 5.21. The molecule has 0 aromatic heterocycles. The molecule has 0 radical (unpaired) electrons. The second-order valence-electron chi connectivity index (χ2n) is 7.06. The SMILES string of the molecule is COc1ccc(COc2cccc3c2C(=O)N(C2CCC(=O)NC2=O)C3=O)cc1C#N. The molecule has 2 aliphatic rings. The molecule has 1 N–H and O–H groups in total. The highest BCUT2D eigenvalue weighted by Crippen LogP contribution is 2.34. The number of hydrogen-bond donors (Lipinski definition) is 1. The molecule has 0 spiro atoms. The lowest BCUT2D eigenvalue weighted by atomic mass is 10.0. The van der Waals surface area contributed by atoms with Gasteiger partial charge in [-0.15, -0.1) is 0 Å². The summed E-state index contributed by atoms with van der Waals surface area (Å²) >= 11 is 0. The fraction of sp³-hybridized carbons (Fsp3) is 0.227. The van der Waals surface area contributed by atoms with E-state index in [1.165, 1.54) is 13.2 Å². The number of nitrogens with zero attached hydrogens (tertiary/aromatic N) is 2. The van der Waals surface area contributed by atoms with Crippen LogP contribution in [0, 0.1) is 11.3 Å². The van der Waals surface area contributed by atoms with E-state index in [9.17, 15) is 24.4 Å². The van der Waals surface area contributed by atoms with Crippen molar-refractivity contribution in [1.29, 1.82) is 5.26 Å². The number of hydrogen-bond acceptors (Lipinski definition) is 7. The Morgan fingerprint density at radius 2 is 1.94 bits per heavy atom. The number of rotatable bonds is 5. The molecule has 156 valence electrons. The average molecular weight is 419 g/mol. The van der Waals surface area contributed by atoms with Gasteiger partial charge in [-0.25, -0.2) is 0 Å². The van der Waals surface area contributed by atoms with Crippen LogP contribution in [0.1, 0.15) is 44.7 Å². The normalized spacial score (nSPS) is 17.8. The number of ether oxygens (including phenoxy) is 2. The van der Waals surface area contributed by atoms with E-state index in [1.807, 2.05) is 6.07 Å². The Bertz CT molecular complexity index is 1170. The molecule has 1 atom stereocenters. The summed E-state index contributed by atoms with van der Waals surface area (Å²) in [4.78, 5) is 50.4. The van der Waals surface area contributed by atoms with Crippen LogP contribution in [0.2, 0.25) is 0 Å². The van der Waals surface area contributed by atoms with Crippen molar-refractivity contribution in [2.24, 2.45) is 0 Å². The van der Waals surface area contributed by atoms with Crippen molar-refractivity contribution in [3.05, 3.63) is 58.7 Å². The van der Waals surface area contributed by atoms with Gasteiger partial charge in [-0.1, -0.05) is 12.1 Å². The Balaban J connectivity index is 1.59. The molecular formula is C22H17N3O6. The Labute approximate surface area is 177 Å². The smallest absolute Gasteiger partial charge is 0.266 e. The van der Waals surface area contributed by atoms with Gasteiger partial charge in [-0.2, -0.15) is 5.26 Å². The fourth-order valence-corrected chi connectivity index (χ4v) is 3.70. The molecule has 9 nitrogen and oxygen atoms in total. The number of carbonyl (C=O) groups is 4. The standard InChI is InChI=1S/C22H17N3O6/c1-30-16-7-5-12(9-13(16)10-23)11-31-17-4-2-3-14-19(17)22(29)25(21(14)28)15-6-8-18(26)24-20(15)27/h2-5,7,9,15H,6,8,11H2,1H3,(H,24,26,27). The minimum absolute atomic E-state index is 0.0475. The lowest BCUT2D eigenvalue weighted by Crippen LogP contribution is -2.54. The first-order valence-electron chi connectivity index (χ1n) is 9.49. The lowest BCUT2D eigenvalue weighted by Gasteiger charge is -2.27. The van der Waals surface area contributed by atoms with Gasteiger partial charge < -0.3 is 9.47 Å². The van der Waals surface area contributed by atoms with Crippen molar-refractivity contribution in [3.63, 3.8) is 0 Å². The Kier molecular flexibility index (Phi) is 5.13. The second kappa shape index (κ2) is 7.91. The number of amides is 4. The number of fused-ring (bicyclic) bond motifs is 1. The monoisotopic (exact) mass is 419 g/mol. The number of nitrogens with one attached hydrogen (secondary N) is 1. The van der Waals surface area contributed by atoms with Crippen LogP contribution in [0.15, 0.2) is 36.4 Å². The third-order valence-electron chi connectivity index (χ3n) is 5.21. The zero-order valence-electron chi connectivity index (χ0n) is 16.5. The molecule has 2 aromatic rings. The quantitative estimate of drug-likeness (QED) is 0.729. The maximum atomic E-state index is 13.1. The molecule has 1 saturated heterocycles. The molecule has 2 heterocycles. The number of piperidine rings is 1. The third kappa shape index (κ3) is 3.48. The van der Waals surface area contributed by atoms with E-state index in [4.69, 9.17) is 9.47 Å². The predicted octanol–water partition coefficient (Wildman–Crippen LogP) is 1.55. The van der Waals surface area contributed by atoms with Crippen LogP contribution in [-0.2, 0) is 16.2 Å². The minimum atomic E-state index is -1.04. The molecule has 4 rings (SSSR count). The molecule has 2 aliphatic heterocycles. The number of benzene rings is 2. The summed E-state index contributed by atoms with van der Waals surface area (Å²) in [5.74, 6) is -1.71. The predicted molar refractivity (Wildman–Crippen MR) is 105 cm³/mol. The van der Waals surface area contributed by atoms with Crippen molar-refractivity contribution in [2.45, 2.75) is 25.5 Å². The molecule has 1 fully saturated rings. The molecule has 0 aliphatic carbocycles. The second-order valence-corrected chi connectivity index (χ2v) is 7.06. The van der Waals surface area contributed by atoms with Gasteiger partial charge in [0.15, 0.2) is 0 Å². The maximum Gasteiger partial charge on any atom is 0.266 e. The number of carbonyl (C=O) groups excluding carboxylic acids is 4. The molecular weight excluding hydrogens is 402 g/mol. The number of nitriles is 1. The van der Waals surface area contributed by atoms with Crippen LogP contribution in [0.25, 0.3) is 0 Å². The van der Waals surface area contributed by atoms with Gasteiger partial charge in [0.1, 0.15) is 30.2 Å². The average Bonchev–Trinajstić information content (AvgIpc) is 3.03. The van der Waals surface area contributed by atoms with Crippen molar-refractivity contribution >= 4 is 23.6 Å². The summed E-state index contributed by atoms with van der Waals surface area (Å²) in [6, 6.07) is 10.6. The highest BCUT2D eigenvalue weighted by atomic mass is 16.5. The molecule has 31 heavy (non-hydrogen) atoms. The first kappa shape index (κ1) is 20.1. The van der Waals surface area contributed by atoms with Crippen molar-refractivity contribution in [2.75, 3.05) is 7.11 Å². The van der Waals surface area contributed by atoms with Crippen LogP contribution in [0.5, 0.6) is 11.5 Å². The van der Waals surface area contributed by atoms with Crippen molar-refractivity contribution in [3.8, 4) is 17.6 Å². The van der Waals surface area contributed by atoms with Gasteiger partial charge in [0.25, 0.3) is 11.8 Å². The molecule has 4 amide bonds. The van der Waals surface area contributed by atoms with Crippen LogP contribution in [-0.4, -0.2) is 41.7 Å². The Hall–Kier alpha value is -4.19. The molecule has 9 heteroatoms. The Morgan fingerprint density at radius 1 is 1.13 bits per heavy atom. The van der Waals surface area contributed by atoms with E-state index in [0.29, 0.717) is 16.9 Å². The van der Waals surface area contributed by atoms with E-state index >= 15 is 0 Å².